The third kappa shape index (κ3) is 2.32. The molecular formula is C14H17N5S. The highest BCUT2D eigenvalue weighted by Crippen LogP contribution is 2.21. The number of benzene rings is 1. The zero-order valence-electron chi connectivity index (χ0n) is 11.6. The first-order chi connectivity index (χ1) is 9.83. The molecule has 0 aliphatic carbocycles. The van der Waals surface area contributed by atoms with E-state index < -0.39 is 0 Å². The second-order valence-corrected chi connectivity index (χ2v) is 5.20. The lowest BCUT2D eigenvalue weighted by Gasteiger charge is -2.14. The van der Waals surface area contributed by atoms with Crippen LogP contribution in [-0.2, 0) is 13.0 Å². The van der Waals surface area contributed by atoms with Gasteiger partial charge in [-0.05, 0) is 26.1 Å². The van der Waals surface area contributed by atoms with E-state index in [1.165, 1.54) is 17.2 Å². The molecule has 5 nitrogen and oxygen atoms in total. The number of likely N-dealkylation sites (N-methyl/N-ethyl adjacent to an activating group) is 1. The predicted octanol–water partition coefficient (Wildman–Crippen LogP) is 2.41. The van der Waals surface area contributed by atoms with E-state index in [0.29, 0.717) is 0 Å². The van der Waals surface area contributed by atoms with Crippen molar-refractivity contribution in [3.8, 4) is 0 Å². The van der Waals surface area contributed by atoms with Crippen LogP contribution in [0.15, 0.2) is 30.5 Å². The third-order valence-corrected chi connectivity index (χ3v) is 4.01. The second-order valence-electron chi connectivity index (χ2n) is 4.64. The van der Waals surface area contributed by atoms with Crippen molar-refractivity contribution in [1.29, 1.82) is 0 Å². The Morgan fingerprint density at radius 2 is 2.20 bits per heavy atom. The average Bonchev–Trinajstić information content (AvgIpc) is 3.11. The zero-order chi connectivity index (χ0) is 13.9. The van der Waals surface area contributed by atoms with Gasteiger partial charge in [0.15, 0.2) is 0 Å². The smallest absolute Gasteiger partial charge is 0.111 e. The highest BCUT2D eigenvalue weighted by molar-refractivity contribution is 6.99. The minimum Gasteiger partial charge on any atom is -0.328 e. The molecule has 0 fully saturated rings. The van der Waals surface area contributed by atoms with Gasteiger partial charge in [0.1, 0.15) is 5.82 Å². The van der Waals surface area contributed by atoms with E-state index >= 15 is 0 Å². The van der Waals surface area contributed by atoms with Gasteiger partial charge in [-0.3, -0.25) is 0 Å². The van der Waals surface area contributed by atoms with E-state index in [4.69, 9.17) is 4.98 Å². The van der Waals surface area contributed by atoms with Crippen LogP contribution in [0.25, 0.3) is 11.0 Å². The average molecular weight is 287 g/mol. The van der Waals surface area contributed by atoms with Crippen molar-refractivity contribution in [1.82, 2.24) is 23.6 Å². The fraction of sp³-hybridized carbons (Fsp3) is 0.357. The molecule has 0 aliphatic rings. The molecule has 1 N–H and O–H groups in total. The molecule has 1 unspecified atom stereocenters. The van der Waals surface area contributed by atoms with E-state index in [1.54, 1.807) is 0 Å². The van der Waals surface area contributed by atoms with E-state index in [9.17, 15) is 0 Å². The fourth-order valence-electron chi connectivity index (χ4n) is 2.50. The largest absolute Gasteiger partial charge is 0.328 e. The summed E-state index contributed by atoms with van der Waals surface area (Å²) in [5.74, 6) is 1.08. The van der Waals surface area contributed by atoms with Gasteiger partial charge in [-0.2, -0.15) is 8.75 Å². The standard InChI is InChI=1S/C14H17N5S/c1-3-19-13-7-5-4-6-10(13)17-14(19)8-11(15-2)12-9-16-20-18-12/h4-7,9,11,15H,3,8H2,1-2H3. The number of hydrogen-bond donors (Lipinski definition) is 1. The Balaban J connectivity index is 1.97. The molecule has 3 aromatic rings. The number of fused-ring (bicyclic) bond motifs is 1. The summed E-state index contributed by atoms with van der Waals surface area (Å²) in [7, 11) is 1.95. The van der Waals surface area contributed by atoms with Gasteiger partial charge in [0.25, 0.3) is 0 Å². The monoisotopic (exact) mass is 287 g/mol. The van der Waals surface area contributed by atoms with Crippen LogP contribution in [0.3, 0.4) is 0 Å². The minimum absolute atomic E-state index is 0.149. The van der Waals surface area contributed by atoms with Gasteiger partial charge in [-0.1, -0.05) is 12.1 Å². The van der Waals surface area contributed by atoms with Crippen LogP contribution in [0, 0.1) is 0 Å². The molecule has 0 amide bonds. The van der Waals surface area contributed by atoms with Gasteiger partial charge in [0.2, 0.25) is 0 Å². The summed E-state index contributed by atoms with van der Waals surface area (Å²) < 4.78 is 10.7. The van der Waals surface area contributed by atoms with E-state index in [1.807, 2.05) is 19.3 Å². The van der Waals surface area contributed by atoms with Crippen molar-refractivity contribution in [2.45, 2.75) is 25.9 Å². The number of nitrogens with one attached hydrogen (secondary N) is 1. The molecule has 104 valence electrons. The molecule has 0 spiro atoms. The molecule has 20 heavy (non-hydrogen) atoms. The van der Waals surface area contributed by atoms with Crippen LogP contribution >= 0.6 is 11.7 Å². The number of aryl methyl sites for hydroxylation is 1. The van der Waals surface area contributed by atoms with Crippen molar-refractivity contribution in [3.63, 3.8) is 0 Å². The SMILES string of the molecule is CCn1c(CC(NC)c2cnsn2)nc2ccccc21. The summed E-state index contributed by atoms with van der Waals surface area (Å²) in [6.07, 6.45) is 2.63. The van der Waals surface area contributed by atoms with Crippen LogP contribution in [0.5, 0.6) is 0 Å². The zero-order valence-corrected chi connectivity index (χ0v) is 12.4. The Labute approximate surface area is 122 Å². The van der Waals surface area contributed by atoms with Gasteiger partial charge in [-0.15, -0.1) is 0 Å². The van der Waals surface area contributed by atoms with Gasteiger partial charge in [0, 0.05) is 13.0 Å². The Hall–Kier alpha value is -1.79. The van der Waals surface area contributed by atoms with E-state index in [-0.39, 0.29) is 6.04 Å². The number of imidazole rings is 1. The molecule has 1 aromatic carbocycles. The van der Waals surface area contributed by atoms with Gasteiger partial charge < -0.3 is 9.88 Å². The Bertz CT molecular complexity index is 689. The summed E-state index contributed by atoms with van der Waals surface area (Å²) >= 11 is 1.24. The van der Waals surface area contributed by atoms with E-state index in [2.05, 4.69) is 43.8 Å². The molecule has 0 saturated carbocycles. The van der Waals surface area contributed by atoms with Crippen molar-refractivity contribution in [2.24, 2.45) is 0 Å². The topological polar surface area (TPSA) is 55.6 Å². The normalized spacial score (nSPS) is 12.9. The summed E-state index contributed by atoms with van der Waals surface area (Å²) in [5, 5.41) is 3.30. The Kier molecular flexibility index (Phi) is 3.75. The second kappa shape index (κ2) is 5.68. The summed E-state index contributed by atoms with van der Waals surface area (Å²) in [6.45, 7) is 3.07. The summed E-state index contributed by atoms with van der Waals surface area (Å²) in [5.41, 5.74) is 3.22. The maximum absolute atomic E-state index is 4.76. The number of hydrogen-bond acceptors (Lipinski definition) is 5. The lowest BCUT2D eigenvalue weighted by molar-refractivity contribution is 0.547. The van der Waals surface area contributed by atoms with Crippen LogP contribution in [-0.4, -0.2) is 25.3 Å². The fourth-order valence-corrected chi connectivity index (χ4v) is 2.97. The van der Waals surface area contributed by atoms with Crippen LogP contribution in [0.1, 0.15) is 24.5 Å². The van der Waals surface area contributed by atoms with Crippen molar-refractivity contribution in [3.05, 3.63) is 42.0 Å². The Morgan fingerprint density at radius 3 is 2.90 bits per heavy atom. The van der Waals surface area contributed by atoms with Crippen LogP contribution in [0.4, 0.5) is 0 Å². The first-order valence-corrected chi connectivity index (χ1v) is 7.45. The van der Waals surface area contributed by atoms with E-state index in [0.717, 1.165) is 30.0 Å². The maximum Gasteiger partial charge on any atom is 0.111 e. The first-order valence-electron chi connectivity index (χ1n) is 6.72. The maximum atomic E-state index is 4.76. The van der Waals surface area contributed by atoms with Gasteiger partial charge >= 0.3 is 0 Å². The molecule has 1 atom stereocenters. The molecule has 3 rings (SSSR count). The molecule has 0 aliphatic heterocycles. The third-order valence-electron chi connectivity index (χ3n) is 3.52. The highest BCUT2D eigenvalue weighted by Gasteiger charge is 2.17. The molecule has 0 saturated heterocycles. The lowest BCUT2D eigenvalue weighted by Crippen LogP contribution is -2.21. The molecule has 0 bridgehead atoms. The predicted molar refractivity (Wildman–Crippen MR) is 80.8 cm³/mol. The molecular weight excluding hydrogens is 270 g/mol. The summed E-state index contributed by atoms with van der Waals surface area (Å²) in [6, 6.07) is 8.41. The van der Waals surface area contributed by atoms with Crippen LogP contribution < -0.4 is 5.32 Å². The van der Waals surface area contributed by atoms with Gasteiger partial charge in [0.05, 0.1) is 40.7 Å². The first kappa shape index (κ1) is 13.2. The van der Waals surface area contributed by atoms with Crippen LogP contribution in [0.2, 0.25) is 0 Å². The van der Waals surface area contributed by atoms with Crippen molar-refractivity contribution >= 4 is 22.8 Å². The summed E-state index contributed by atoms with van der Waals surface area (Å²) in [4.78, 5) is 4.76. The van der Waals surface area contributed by atoms with Crippen molar-refractivity contribution in [2.75, 3.05) is 7.05 Å². The number of aromatic nitrogens is 4. The number of para-hydroxylation sites is 2. The molecule has 2 aromatic heterocycles. The minimum atomic E-state index is 0.149. The molecule has 0 radical (unpaired) electrons. The highest BCUT2D eigenvalue weighted by atomic mass is 32.1. The quantitative estimate of drug-likeness (QED) is 0.783. The molecule has 2 heterocycles. The van der Waals surface area contributed by atoms with Gasteiger partial charge in [-0.25, -0.2) is 4.98 Å². The molecule has 6 heteroatoms. The Morgan fingerprint density at radius 1 is 1.35 bits per heavy atom. The number of rotatable bonds is 5. The number of nitrogens with zero attached hydrogens (tertiary/aromatic N) is 4. The lowest BCUT2D eigenvalue weighted by atomic mass is 10.1. The van der Waals surface area contributed by atoms with Crippen molar-refractivity contribution < 1.29 is 0 Å².